The fourth-order valence-corrected chi connectivity index (χ4v) is 6.31. The predicted molar refractivity (Wildman–Crippen MR) is 123 cm³/mol. The molecule has 1 aliphatic heterocycles. The van der Waals surface area contributed by atoms with E-state index in [0.717, 1.165) is 0 Å². The number of fused-ring (bicyclic) bond motifs is 3. The minimum absolute atomic E-state index is 0.0888. The molecule has 2 aromatic rings. The maximum atomic E-state index is 14.0. The molecule has 36 heavy (non-hydrogen) atoms. The van der Waals surface area contributed by atoms with E-state index in [9.17, 15) is 19.2 Å². The van der Waals surface area contributed by atoms with Crippen molar-refractivity contribution in [3.63, 3.8) is 0 Å². The van der Waals surface area contributed by atoms with Crippen LogP contribution in [0.4, 0.5) is 0 Å². The number of carbonyl (C=O) groups is 4. The maximum Gasteiger partial charge on any atom is 0.338 e. The van der Waals surface area contributed by atoms with Gasteiger partial charge in [0.25, 0.3) is 0 Å². The van der Waals surface area contributed by atoms with E-state index in [-0.39, 0.29) is 31.2 Å². The molecule has 1 saturated heterocycles. The predicted octanol–water partition coefficient (Wildman–Crippen LogP) is 1.68. The van der Waals surface area contributed by atoms with Crippen LogP contribution in [0.1, 0.15) is 47.7 Å². The van der Waals surface area contributed by atoms with Crippen molar-refractivity contribution in [2.75, 3.05) is 7.11 Å². The molecule has 2 saturated carbocycles. The molecule has 0 unspecified atom stereocenters. The number of hydrogen-bond donors (Lipinski definition) is 2. The Bertz CT molecular complexity index is 1180. The Balaban J connectivity index is 1.54. The summed E-state index contributed by atoms with van der Waals surface area (Å²) in [6.07, 6.45) is 1.24. The van der Waals surface area contributed by atoms with E-state index in [0.29, 0.717) is 5.56 Å². The summed E-state index contributed by atoms with van der Waals surface area (Å²) in [5.74, 6) is -5.31. The number of carbonyl (C=O) groups excluding carboxylic acids is 4. The van der Waals surface area contributed by atoms with Crippen LogP contribution in [0.5, 0.6) is 0 Å². The largest absolute Gasteiger partial charge is 0.472 e. The molecule has 190 valence electrons. The van der Waals surface area contributed by atoms with Crippen molar-refractivity contribution in [2.45, 2.75) is 49.0 Å². The lowest BCUT2D eigenvalue weighted by Gasteiger charge is -2.60. The van der Waals surface area contributed by atoms with Crippen LogP contribution in [-0.4, -0.2) is 48.0 Å². The first-order valence-corrected chi connectivity index (χ1v) is 11.9. The Morgan fingerprint density at radius 3 is 2.50 bits per heavy atom. The smallest absolute Gasteiger partial charge is 0.338 e. The lowest BCUT2D eigenvalue weighted by Crippen LogP contribution is -2.78. The first-order valence-electron chi connectivity index (χ1n) is 11.9. The Morgan fingerprint density at radius 1 is 1.08 bits per heavy atom. The van der Waals surface area contributed by atoms with Gasteiger partial charge in [0.05, 0.1) is 43.0 Å². The van der Waals surface area contributed by atoms with Crippen LogP contribution in [0.15, 0.2) is 53.3 Å². The molecular formula is C26H28N2O8. The van der Waals surface area contributed by atoms with Gasteiger partial charge in [-0.05, 0) is 31.0 Å². The van der Waals surface area contributed by atoms with Crippen LogP contribution in [0.25, 0.3) is 0 Å². The first-order chi connectivity index (χ1) is 17.2. The summed E-state index contributed by atoms with van der Waals surface area (Å²) >= 11 is 0. The van der Waals surface area contributed by atoms with Crippen molar-refractivity contribution in [1.82, 2.24) is 0 Å². The van der Waals surface area contributed by atoms with Crippen LogP contribution in [0.2, 0.25) is 0 Å². The molecule has 0 amide bonds. The number of esters is 3. The molecule has 0 radical (unpaired) electrons. The van der Waals surface area contributed by atoms with Crippen LogP contribution in [-0.2, 0) is 28.6 Å². The van der Waals surface area contributed by atoms with Gasteiger partial charge in [0, 0.05) is 29.5 Å². The molecule has 5 rings (SSSR count). The summed E-state index contributed by atoms with van der Waals surface area (Å²) in [4.78, 5) is 52.8. The number of furan rings is 1. The zero-order valence-electron chi connectivity index (χ0n) is 19.8. The quantitative estimate of drug-likeness (QED) is 0.470. The van der Waals surface area contributed by atoms with Crippen molar-refractivity contribution < 1.29 is 37.8 Å². The van der Waals surface area contributed by atoms with Crippen LogP contribution < -0.4 is 11.5 Å². The number of ketones is 1. The van der Waals surface area contributed by atoms with Gasteiger partial charge in [0.2, 0.25) is 0 Å². The highest BCUT2D eigenvalue weighted by atomic mass is 16.6. The normalized spacial score (nSPS) is 35.7. The van der Waals surface area contributed by atoms with E-state index in [1.807, 2.05) is 0 Å². The molecule has 2 heterocycles. The summed E-state index contributed by atoms with van der Waals surface area (Å²) < 4.78 is 21.4. The standard InChI is InChI=1S/C26H28N2O8/c1-33-23(31)17-11-18(35-22(30)14-5-3-2-4-6-14)20(29)21-25(17,27)9-7-16-24(32)36-19(12-26(16,21)28)15-8-10-34-13-15/h2-6,8,10,13,16-19,21H,7,9,11-12,27-28H2,1H3/t16-,17-,18+,19-,21-,25+,26+/m0/s1. The molecule has 0 spiro atoms. The van der Waals surface area contributed by atoms with Gasteiger partial charge in [0.15, 0.2) is 11.9 Å². The number of hydrogen-bond acceptors (Lipinski definition) is 10. The number of Topliss-reactive ketones (excluding diaryl/α,β-unsaturated/α-hetero) is 1. The number of benzene rings is 1. The number of ether oxygens (including phenoxy) is 3. The van der Waals surface area contributed by atoms with Gasteiger partial charge in [-0.25, -0.2) is 4.79 Å². The number of methoxy groups -OCH3 is 1. The lowest BCUT2D eigenvalue weighted by atomic mass is 9.48. The van der Waals surface area contributed by atoms with Gasteiger partial charge < -0.3 is 30.1 Å². The first kappa shape index (κ1) is 24.2. The van der Waals surface area contributed by atoms with Gasteiger partial charge >= 0.3 is 17.9 Å². The average Bonchev–Trinajstić information content (AvgIpc) is 3.40. The van der Waals surface area contributed by atoms with Crippen LogP contribution in [0.3, 0.4) is 0 Å². The fourth-order valence-electron chi connectivity index (χ4n) is 6.31. The third-order valence-corrected chi connectivity index (χ3v) is 8.03. The summed E-state index contributed by atoms with van der Waals surface area (Å²) in [5.41, 5.74) is 11.9. The molecule has 2 aliphatic carbocycles. The Hall–Kier alpha value is -3.50. The number of rotatable bonds is 4. The van der Waals surface area contributed by atoms with Crippen LogP contribution in [0, 0.1) is 17.8 Å². The van der Waals surface area contributed by atoms with Crippen molar-refractivity contribution in [3.8, 4) is 0 Å². The summed E-state index contributed by atoms with van der Waals surface area (Å²) in [7, 11) is 1.23. The van der Waals surface area contributed by atoms with Gasteiger partial charge in [-0.1, -0.05) is 18.2 Å². The van der Waals surface area contributed by atoms with E-state index in [1.165, 1.54) is 19.6 Å². The molecule has 10 heteroatoms. The highest BCUT2D eigenvalue weighted by molar-refractivity contribution is 5.97. The third kappa shape index (κ3) is 3.72. The zero-order chi connectivity index (χ0) is 25.7. The van der Waals surface area contributed by atoms with Gasteiger partial charge in [-0.2, -0.15) is 0 Å². The van der Waals surface area contributed by atoms with Crippen LogP contribution >= 0.6 is 0 Å². The topological polar surface area (TPSA) is 161 Å². The summed E-state index contributed by atoms with van der Waals surface area (Å²) in [5, 5.41) is 0. The lowest BCUT2D eigenvalue weighted by molar-refractivity contribution is -0.186. The molecule has 3 fully saturated rings. The Morgan fingerprint density at radius 2 is 1.83 bits per heavy atom. The van der Waals surface area contributed by atoms with E-state index in [2.05, 4.69) is 0 Å². The molecule has 1 aromatic carbocycles. The molecule has 0 bridgehead atoms. The second kappa shape index (κ2) is 8.86. The molecule has 10 nitrogen and oxygen atoms in total. The van der Waals surface area contributed by atoms with Crippen molar-refractivity contribution in [2.24, 2.45) is 29.2 Å². The fraction of sp³-hybridized carbons (Fsp3) is 0.462. The summed E-state index contributed by atoms with van der Waals surface area (Å²) in [6, 6.07) is 9.88. The minimum atomic E-state index is -1.44. The SMILES string of the molecule is COC(=O)[C@@H]1C[C@@H](OC(=O)c2ccccc2)C(=O)[C@H]2[C@@]1(N)CC[C@H]1C(=O)O[C@H](c3ccoc3)C[C@]21N. The maximum absolute atomic E-state index is 14.0. The van der Waals surface area contributed by atoms with Gasteiger partial charge in [-0.15, -0.1) is 0 Å². The van der Waals surface area contributed by atoms with Gasteiger partial charge in [-0.3, -0.25) is 14.4 Å². The van der Waals surface area contributed by atoms with Crippen molar-refractivity contribution >= 4 is 23.7 Å². The molecule has 3 aliphatic rings. The minimum Gasteiger partial charge on any atom is -0.472 e. The van der Waals surface area contributed by atoms with E-state index in [4.69, 9.17) is 30.1 Å². The highest BCUT2D eigenvalue weighted by Crippen LogP contribution is 2.55. The van der Waals surface area contributed by atoms with Crippen molar-refractivity contribution in [1.29, 1.82) is 0 Å². The number of nitrogens with two attached hydrogens (primary N) is 2. The third-order valence-electron chi connectivity index (χ3n) is 8.03. The average molecular weight is 497 g/mol. The van der Waals surface area contributed by atoms with E-state index in [1.54, 1.807) is 36.4 Å². The van der Waals surface area contributed by atoms with Gasteiger partial charge in [0.1, 0.15) is 6.10 Å². The highest BCUT2D eigenvalue weighted by Gasteiger charge is 2.69. The second-order valence-electron chi connectivity index (χ2n) is 9.91. The van der Waals surface area contributed by atoms with E-state index < -0.39 is 64.7 Å². The number of cyclic esters (lactones) is 1. The Labute approximate surface area is 207 Å². The van der Waals surface area contributed by atoms with Crippen molar-refractivity contribution in [3.05, 3.63) is 60.1 Å². The zero-order valence-corrected chi connectivity index (χ0v) is 19.8. The van der Waals surface area contributed by atoms with E-state index >= 15 is 0 Å². The monoisotopic (exact) mass is 496 g/mol. The second-order valence-corrected chi connectivity index (χ2v) is 9.91. The molecular weight excluding hydrogens is 468 g/mol. The Kier molecular flexibility index (Phi) is 5.96. The molecule has 7 atom stereocenters. The molecule has 4 N–H and O–H groups in total. The molecule has 1 aromatic heterocycles. The summed E-state index contributed by atoms with van der Waals surface area (Å²) in [6.45, 7) is 0.